The highest BCUT2D eigenvalue weighted by molar-refractivity contribution is 7.17. The monoisotopic (exact) mass is 445 g/mol. The van der Waals surface area contributed by atoms with Crippen LogP contribution in [-0.2, 0) is 0 Å². The third-order valence-electron chi connectivity index (χ3n) is 5.29. The lowest BCUT2D eigenvalue weighted by Crippen LogP contribution is -2.40. The topological polar surface area (TPSA) is 37.4 Å². The number of hydrogen-bond donors (Lipinski definition) is 0. The molecule has 1 aliphatic rings. The van der Waals surface area contributed by atoms with E-state index in [4.69, 9.17) is 11.6 Å². The lowest BCUT2D eigenvalue weighted by Gasteiger charge is -2.31. The first-order valence-corrected chi connectivity index (χ1v) is 10.8. The van der Waals surface area contributed by atoms with Gasteiger partial charge in [0.15, 0.2) is 5.78 Å². The van der Waals surface area contributed by atoms with Crippen LogP contribution >= 0.6 is 22.9 Å². The molecule has 0 aliphatic carbocycles. The summed E-state index contributed by atoms with van der Waals surface area (Å²) < 4.78 is 27.3. The summed E-state index contributed by atoms with van der Waals surface area (Å²) >= 11 is 7.33. The zero-order valence-electron chi connectivity index (χ0n) is 15.9. The fourth-order valence-electron chi connectivity index (χ4n) is 3.63. The third-order valence-corrected chi connectivity index (χ3v) is 6.67. The number of benzene rings is 2. The molecule has 0 radical (unpaired) electrons. The van der Waals surface area contributed by atoms with Gasteiger partial charge in [0.05, 0.1) is 10.4 Å². The molecule has 154 valence electrons. The van der Waals surface area contributed by atoms with Crippen molar-refractivity contribution in [3.05, 3.63) is 81.7 Å². The molecule has 1 aliphatic heterocycles. The summed E-state index contributed by atoms with van der Waals surface area (Å²) in [5.41, 5.74) is 0.774. The Morgan fingerprint density at radius 3 is 2.37 bits per heavy atom. The summed E-state index contributed by atoms with van der Waals surface area (Å²) in [5.74, 6) is -2.25. The van der Waals surface area contributed by atoms with Crippen LogP contribution < -0.4 is 0 Å². The predicted molar refractivity (Wildman–Crippen MR) is 114 cm³/mol. The van der Waals surface area contributed by atoms with Crippen molar-refractivity contribution in [2.75, 3.05) is 13.1 Å². The minimum absolute atomic E-state index is 0.0805. The molecule has 3 aromatic rings. The molecule has 4 rings (SSSR count). The van der Waals surface area contributed by atoms with Crippen LogP contribution in [0.4, 0.5) is 8.78 Å². The fourth-order valence-corrected chi connectivity index (χ4v) is 4.73. The number of carbonyl (C=O) groups excluding carboxylic acids is 2. The molecule has 2 heterocycles. The second kappa shape index (κ2) is 8.66. The Labute approximate surface area is 181 Å². The molecule has 0 spiro atoms. The van der Waals surface area contributed by atoms with E-state index in [-0.39, 0.29) is 11.5 Å². The van der Waals surface area contributed by atoms with Crippen molar-refractivity contribution in [1.82, 2.24) is 4.90 Å². The number of likely N-dealkylation sites (tertiary alicyclic amines) is 1. The highest BCUT2D eigenvalue weighted by atomic mass is 35.5. The van der Waals surface area contributed by atoms with Crippen LogP contribution in [0.1, 0.15) is 32.9 Å². The number of thiophene rings is 1. The van der Waals surface area contributed by atoms with Crippen molar-refractivity contribution >= 4 is 34.6 Å². The summed E-state index contributed by atoms with van der Waals surface area (Å²) in [6.45, 7) is 0.806. The quantitative estimate of drug-likeness (QED) is 0.456. The average molecular weight is 446 g/mol. The van der Waals surface area contributed by atoms with Crippen LogP contribution in [0.3, 0.4) is 0 Å². The van der Waals surface area contributed by atoms with E-state index < -0.39 is 23.3 Å². The first kappa shape index (κ1) is 20.7. The molecule has 1 fully saturated rings. The van der Waals surface area contributed by atoms with Gasteiger partial charge in [-0.25, -0.2) is 8.78 Å². The predicted octanol–water partition coefficient (Wildman–Crippen LogP) is 6.08. The number of carbonyl (C=O) groups is 2. The van der Waals surface area contributed by atoms with Gasteiger partial charge in [-0.3, -0.25) is 9.59 Å². The van der Waals surface area contributed by atoms with E-state index in [0.29, 0.717) is 35.8 Å². The molecule has 1 aromatic heterocycles. The van der Waals surface area contributed by atoms with Gasteiger partial charge >= 0.3 is 0 Å². The van der Waals surface area contributed by atoms with E-state index in [9.17, 15) is 18.4 Å². The van der Waals surface area contributed by atoms with Crippen LogP contribution in [-0.4, -0.2) is 29.7 Å². The van der Waals surface area contributed by atoms with Gasteiger partial charge in [0.2, 0.25) is 0 Å². The number of piperidine rings is 1. The molecular weight excluding hydrogens is 428 g/mol. The van der Waals surface area contributed by atoms with E-state index >= 15 is 0 Å². The van der Waals surface area contributed by atoms with Gasteiger partial charge in [0.1, 0.15) is 11.6 Å². The van der Waals surface area contributed by atoms with Crippen LogP contribution in [0.25, 0.3) is 10.4 Å². The largest absolute Gasteiger partial charge is 0.338 e. The van der Waals surface area contributed by atoms with Gasteiger partial charge in [-0.2, -0.15) is 0 Å². The van der Waals surface area contributed by atoms with Crippen molar-refractivity contribution in [2.45, 2.75) is 12.8 Å². The molecule has 2 aromatic carbocycles. The highest BCUT2D eigenvalue weighted by Gasteiger charge is 2.30. The van der Waals surface area contributed by atoms with Crippen molar-refractivity contribution in [3.8, 4) is 10.4 Å². The average Bonchev–Trinajstić information content (AvgIpc) is 3.25. The van der Waals surface area contributed by atoms with Crippen molar-refractivity contribution in [1.29, 1.82) is 0 Å². The van der Waals surface area contributed by atoms with E-state index in [2.05, 4.69) is 0 Å². The molecule has 0 unspecified atom stereocenters. The van der Waals surface area contributed by atoms with Gasteiger partial charge in [-0.15, -0.1) is 11.3 Å². The molecule has 0 N–H and O–H groups in total. The van der Waals surface area contributed by atoms with Crippen molar-refractivity contribution in [2.24, 2.45) is 5.92 Å². The SMILES string of the molecule is O=C(c1cc(F)ccc1F)C1CCN(C(=O)c2ccc(-c3ccc(Cl)cc3)s2)CC1. The number of Topliss-reactive ketones (excluding diaryl/α,β-unsaturated/α-hetero) is 1. The molecule has 0 bridgehead atoms. The Morgan fingerprint density at radius 2 is 1.67 bits per heavy atom. The minimum atomic E-state index is -0.715. The second-order valence-corrected chi connectivity index (χ2v) is 8.75. The molecule has 30 heavy (non-hydrogen) atoms. The van der Waals surface area contributed by atoms with Crippen LogP contribution in [0.5, 0.6) is 0 Å². The zero-order valence-corrected chi connectivity index (χ0v) is 17.5. The van der Waals surface area contributed by atoms with Gasteiger partial charge in [-0.1, -0.05) is 23.7 Å². The summed E-state index contributed by atoms with van der Waals surface area (Å²) in [7, 11) is 0. The first-order valence-electron chi connectivity index (χ1n) is 9.56. The number of ketones is 1. The Hall–Kier alpha value is -2.57. The van der Waals surface area contributed by atoms with Crippen LogP contribution in [0.15, 0.2) is 54.6 Å². The summed E-state index contributed by atoms with van der Waals surface area (Å²) in [4.78, 5) is 28.8. The molecule has 0 saturated carbocycles. The van der Waals surface area contributed by atoms with Gasteiger partial charge in [0.25, 0.3) is 5.91 Å². The zero-order chi connectivity index (χ0) is 21.3. The van der Waals surface area contributed by atoms with Gasteiger partial charge in [-0.05, 0) is 60.9 Å². The second-order valence-electron chi connectivity index (χ2n) is 7.23. The molecular formula is C23H18ClF2NO2S. The number of nitrogens with zero attached hydrogens (tertiary/aromatic N) is 1. The van der Waals surface area contributed by atoms with E-state index in [1.54, 1.807) is 23.1 Å². The van der Waals surface area contributed by atoms with Crippen LogP contribution in [0, 0.1) is 17.6 Å². The molecule has 1 saturated heterocycles. The van der Waals surface area contributed by atoms with E-state index in [0.717, 1.165) is 28.6 Å². The Bertz CT molecular complexity index is 1090. The lowest BCUT2D eigenvalue weighted by atomic mass is 9.88. The Kier molecular flexibility index (Phi) is 5.97. The Balaban J connectivity index is 1.40. The maximum Gasteiger partial charge on any atom is 0.263 e. The standard InChI is InChI=1S/C23H18ClF2NO2S/c24-16-3-1-14(2-4-16)20-7-8-21(30-20)23(29)27-11-9-15(10-12-27)22(28)18-13-17(25)5-6-19(18)26/h1-8,13,15H,9-12H2. The smallest absolute Gasteiger partial charge is 0.263 e. The van der Waals surface area contributed by atoms with Gasteiger partial charge < -0.3 is 4.90 Å². The van der Waals surface area contributed by atoms with Gasteiger partial charge in [0, 0.05) is 28.9 Å². The molecule has 7 heteroatoms. The van der Waals surface area contributed by atoms with Crippen molar-refractivity contribution < 1.29 is 18.4 Å². The Morgan fingerprint density at radius 1 is 0.967 bits per heavy atom. The normalized spacial score (nSPS) is 14.7. The number of hydrogen-bond acceptors (Lipinski definition) is 3. The first-order chi connectivity index (χ1) is 14.4. The fraction of sp³-hybridized carbons (Fsp3) is 0.217. The molecule has 1 amide bonds. The number of rotatable bonds is 4. The van der Waals surface area contributed by atoms with E-state index in [1.165, 1.54) is 11.3 Å². The van der Waals surface area contributed by atoms with Crippen LogP contribution in [0.2, 0.25) is 5.02 Å². The number of amides is 1. The summed E-state index contributed by atoms with van der Waals surface area (Å²) in [5, 5.41) is 0.655. The third kappa shape index (κ3) is 4.30. The molecule has 0 atom stereocenters. The van der Waals surface area contributed by atoms with Crippen molar-refractivity contribution in [3.63, 3.8) is 0 Å². The minimum Gasteiger partial charge on any atom is -0.338 e. The maximum atomic E-state index is 13.9. The molecule has 3 nitrogen and oxygen atoms in total. The maximum absolute atomic E-state index is 13.9. The summed E-state index contributed by atoms with van der Waals surface area (Å²) in [6, 6.07) is 14.0. The lowest BCUT2D eigenvalue weighted by molar-refractivity contribution is 0.0653. The highest BCUT2D eigenvalue weighted by Crippen LogP contribution is 2.31. The van der Waals surface area contributed by atoms with E-state index in [1.807, 2.05) is 18.2 Å². The summed E-state index contributed by atoms with van der Waals surface area (Å²) in [6.07, 6.45) is 0.853. The number of halogens is 3.